The highest BCUT2D eigenvalue weighted by atomic mass is 32.2. The van der Waals surface area contributed by atoms with E-state index in [1.165, 1.54) is 17.8 Å². The smallest absolute Gasteiger partial charge is 0.267 e. The summed E-state index contributed by atoms with van der Waals surface area (Å²) in [6.45, 7) is 0.423. The first kappa shape index (κ1) is 22.8. The highest BCUT2D eigenvalue weighted by Gasteiger charge is 2.39. The van der Waals surface area contributed by atoms with Gasteiger partial charge in [-0.2, -0.15) is 0 Å². The molecule has 2 heterocycles. The lowest BCUT2D eigenvalue weighted by Gasteiger charge is -2.22. The molecule has 1 aliphatic heterocycles. The van der Waals surface area contributed by atoms with E-state index in [1.54, 1.807) is 6.07 Å². The zero-order valence-electron chi connectivity index (χ0n) is 19.8. The molecule has 2 aliphatic rings. The van der Waals surface area contributed by atoms with Gasteiger partial charge in [0.25, 0.3) is 5.91 Å². The molecule has 6 heteroatoms. The highest BCUT2D eigenvalue weighted by molar-refractivity contribution is 8.18. The van der Waals surface area contributed by atoms with E-state index in [1.807, 2.05) is 77.8 Å². The number of nitrogens with zero attached hydrogens (tertiary/aromatic N) is 3. The van der Waals surface area contributed by atoms with Gasteiger partial charge in [-0.05, 0) is 54.9 Å². The van der Waals surface area contributed by atoms with E-state index in [9.17, 15) is 9.18 Å². The van der Waals surface area contributed by atoms with Gasteiger partial charge in [0, 0.05) is 34.3 Å². The number of amidine groups is 1. The average Bonchev–Trinajstić information content (AvgIpc) is 3.61. The fraction of sp³-hybridized carbons (Fsp3) is 0.200. The molecule has 6 rings (SSSR count). The van der Waals surface area contributed by atoms with Gasteiger partial charge in [0.15, 0.2) is 5.17 Å². The molecule has 0 bridgehead atoms. The van der Waals surface area contributed by atoms with Crippen LogP contribution in [-0.2, 0) is 11.3 Å². The number of hydrogen-bond acceptors (Lipinski definition) is 3. The van der Waals surface area contributed by atoms with Crippen LogP contribution in [0.2, 0.25) is 0 Å². The monoisotopic (exact) mass is 495 g/mol. The van der Waals surface area contributed by atoms with Gasteiger partial charge in [-0.15, -0.1) is 0 Å². The van der Waals surface area contributed by atoms with Crippen molar-refractivity contribution in [3.63, 3.8) is 0 Å². The van der Waals surface area contributed by atoms with E-state index in [0.717, 1.165) is 53.0 Å². The molecule has 1 amide bonds. The summed E-state index contributed by atoms with van der Waals surface area (Å²) < 4.78 is 16.4. The summed E-state index contributed by atoms with van der Waals surface area (Å²) in [7, 11) is 0. The summed E-state index contributed by atoms with van der Waals surface area (Å²) in [5, 5.41) is 1.79. The number of para-hydroxylation sites is 2. The maximum atomic E-state index is 14.4. The number of carbonyl (C=O) groups is 1. The number of carbonyl (C=O) groups excluding carboxylic acids is 1. The minimum Gasteiger partial charge on any atom is -0.342 e. The first-order chi connectivity index (χ1) is 17.7. The fourth-order valence-electron chi connectivity index (χ4n) is 5.13. The van der Waals surface area contributed by atoms with Crippen LogP contribution in [-0.4, -0.2) is 26.6 Å². The number of fused-ring (bicyclic) bond motifs is 1. The van der Waals surface area contributed by atoms with Crippen LogP contribution in [0.4, 0.5) is 10.1 Å². The second-order valence-corrected chi connectivity index (χ2v) is 10.3. The van der Waals surface area contributed by atoms with Gasteiger partial charge in [0.05, 0.1) is 17.1 Å². The van der Waals surface area contributed by atoms with E-state index in [4.69, 9.17) is 4.99 Å². The molecule has 4 aromatic rings. The summed E-state index contributed by atoms with van der Waals surface area (Å²) in [5.41, 5.74) is 3.44. The molecule has 0 atom stereocenters. The SMILES string of the molecule is O=C1/C(=C/c2cn(Cc3ccccc3F)c3ccccc23)SC(=Nc2ccccc2)N1C1CCCC1. The Morgan fingerprint density at radius 3 is 2.47 bits per heavy atom. The zero-order valence-corrected chi connectivity index (χ0v) is 20.6. The summed E-state index contributed by atoms with van der Waals surface area (Å²) in [6.07, 6.45) is 8.29. The van der Waals surface area contributed by atoms with Gasteiger partial charge >= 0.3 is 0 Å². The predicted octanol–water partition coefficient (Wildman–Crippen LogP) is 7.38. The molecule has 1 aliphatic carbocycles. The topological polar surface area (TPSA) is 37.6 Å². The standard InChI is InChI=1S/C30H26FN3OS/c31-26-16-8-4-10-21(26)19-33-20-22(25-15-7-9-17-27(25)33)18-28-29(35)34(24-13-5-6-14-24)30(36-28)32-23-11-2-1-3-12-23/h1-4,7-12,15-18,20,24H,5-6,13-14,19H2/b28-18-,32-30?. The van der Waals surface area contributed by atoms with E-state index >= 15 is 0 Å². The molecule has 4 nitrogen and oxygen atoms in total. The fourth-order valence-corrected chi connectivity index (χ4v) is 6.18. The zero-order chi connectivity index (χ0) is 24.5. The van der Waals surface area contributed by atoms with Crippen LogP contribution in [0.15, 0.2) is 95.0 Å². The summed E-state index contributed by atoms with van der Waals surface area (Å²) in [5.74, 6) is -0.196. The van der Waals surface area contributed by atoms with Gasteiger partial charge in [0.1, 0.15) is 5.82 Å². The third kappa shape index (κ3) is 4.37. The first-order valence-electron chi connectivity index (χ1n) is 12.4. The molecule has 0 spiro atoms. The van der Waals surface area contributed by atoms with Crippen LogP contribution < -0.4 is 0 Å². The lowest BCUT2D eigenvalue weighted by molar-refractivity contribution is -0.123. The van der Waals surface area contributed by atoms with Crippen molar-refractivity contribution < 1.29 is 9.18 Å². The van der Waals surface area contributed by atoms with Gasteiger partial charge in [-0.3, -0.25) is 9.69 Å². The molecule has 1 saturated heterocycles. The van der Waals surface area contributed by atoms with E-state index in [0.29, 0.717) is 17.0 Å². The highest BCUT2D eigenvalue weighted by Crippen LogP contribution is 2.39. The quantitative estimate of drug-likeness (QED) is 0.271. The van der Waals surface area contributed by atoms with Gasteiger partial charge in [-0.25, -0.2) is 9.38 Å². The summed E-state index contributed by atoms with van der Waals surface area (Å²) in [6, 6.07) is 24.9. The van der Waals surface area contributed by atoms with Crippen LogP contribution in [0, 0.1) is 5.82 Å². The number of benzene rings is 3. The Hall–Kier alpha value is -3.64. The largest absolute Gasteiger partial charge is 0.342 e. The molecule has 1 aromatic heterocycles. The Morgan fingerprint density at radius 2 is 1.67 bits per heavy atom. The summed E-state index contributed by atoms with van der Waals surface area (Å²) >= 11 is 1.45. The maximum absolute atomic E-state index is 14.4. The van der Waals surface area contributed by atoms with Crippen LogP contribution >= 0.6 is 11.8 Å². The van der Waals surface area contributed by atoms with Crippen LogP contribution in [0.3, 0.4) is 0 Å². The van der Waals surface area contributed by atoms with E-state index in [2.05, 4.69) is 10.6 Å². The number of halogens is 1. The number of aromatic nitrogens is 1. The molecular formula is C30H26FN3OS. The number of rotatable bonds is 5. The third-order valence-corrected chi connectivity index (χ3v) is 7.90. The van der Waals surface area contributed by atoms with Crippen molar-refractivity contribution in [1.82, 2.24) is 9.47 Å². The van der Waals surface area contributed by atoms with Crippen LogP contribution in [0.25, 0.3) is 17.0 Å². The molecule has 0 unspecified atom stereocenters. The lowest BCUT2D eigenvalue weighted by atomic mass is 10.1. The Morgan fingerprint density at radius 1 is 0.944 bits per heavy atom. The van der Waals surface area contributed by atoms with Crippen molar-refractivity contribution in [2.75, 3.05) is 0 Å². The summed E-state index contributed by atoms with van der Waals surface area (Å²) in [4.78, 5) is 21.1. The molecule has 0 radical (unpaired) electrons. The molecule has 36 heavy (non-hydrogen) atoms. The number of thioether (sulfide) groups is 1. The Bertz CT molecular complexity index is 1480. The second-order valence-electron chi connectivity index (χ2n) is 9.27. The van der Waals surface area contributed by atoms with Gasteiger partial charge < -0.3 is 4.57 Å². The van der Waals surface area contributed by atoms with E-state index in [-0.39, 0.29) is 17.8 Å². The predicted molar refractivity (Wildman–Crippen MR) is 146 cm³/mol. The first-order valence-corrected chi connectivity index (χ1v) is 13.2. The van der Waals surface area contributed by atoms with Crippen molar-refractivity contribution in [2.24, 2.45) is 4.99 Å². The van der Waals surface area contributed by atoms with Crippen LogP contribution in [0.5, 0.6) is 0 Å². The van der Waals surface area contributed by atoms with Crippen molar-refractivity contribution in [1.29, 1.82) is 0 Å². The van der Waals surface area contributed by atoms with Crippen molar-refractivity contribution in [2.45, 2.75) is 38.3 Å². The Labute approximate surface area is 214 Å². The number of aliphatic imine (C=N–C) groups is 1. The van der Waals surface area contributed by atoms with E-state index < -0.39 is 0 Å². The average molecular weight is 496 g/mol. The van der Waals surface area contributed by atoms with Gasteiger partial charge in [0.2, 0.25) is 0 Å². The number of hydrogen-bond donors (Lipinski definition) is 0. The minimum absolute atomic E-state index is 0.0208. The Kier molecular flexibility index (Phi) is 6.20. The molecular weight excluding hydrogens is 469 g/mol. The van der Waals surface area contributed by atoms with Crippen molar-refractivity contribution in [3.8, 4) is 0 Å². The van der Waals surface area contributed by atoms with Crippen molar-refractivity contribution in [3.05, 3.63) is 107 Å². The Balaban J connectivity index is 1.39. The van der Waals surface area contributed by atoms with Crippen molar-refractivity contribution >= 4 is 45.5 Å². The third-order valence-electron chi connectivity index (χ3n) is 6.91. The molecule has 0 N–H and O–H groups in total. The normalized spacial score (nSPS) is 18.8. The minimum atomic E-state index is -0.217. The van der Waals surface area contributed by atoms with Gasteiger partial charge in [-0.1, -0.05) is 67.4 Å². The van der Waals surface area contributed by atoms with Crippen LogP contribution in [0.1, 0.15) is 36.8 Å². The molecule has 2 fully saturated rings. The molecule has 180 valence electrons. The lowest BCUT2D eigenvalue weighted by Crippen LogP contribution is -2.37. The molecule has 3 aromatic carbocycles. The second kappa shape index (κ2) is 9.78. The molecule has 1 saturated carbocycles. The number of amides is 1. The maximum Gasteiger partial charge on any atom is 0.267 e.